The van der Waals surface area contributed by atoms with E-state index in [-0.39, 0.29) is 11.2 Å². The van der Waals surface area contributed by atoms with Crippen molar-refractivity contribution in [2.75, 3.05) is 5.75 Å². The van der Waals surface area contributed by atoms with Crippen LogP contribution in [0.2, 0.25) is 0 Å². The number of thioether (sulfide) groups is 1. The molecule has 0 spiro atoms. The molecule has 0 bridgehead atoms. The lowest BCUT2D eigenvalue weighted by atomic mass is 10.2. The maximum absolute atomic E-state index is 11.6. The molecule has 124 valence electrons. The van der Waals surface area contributed by atoms with Crippen LogP contribution in [0.1, 0.15) is 43.4 Å². The Kier molecular flexibility index (Phi) is 7.20. The minimum atomic E-state index is -0.315. The third-order valence-corrected chi connectivity index (χ3v) is 5.15. The van der Waals surface area contributed by atoms with E-state index in [0.717, 1.165) is 25.0 Å². The van der Waals surface area contributed by atoms with Crippen LogP contribution in [0.25, 0.3) is 0 Å². The molecule has 2 rings (SSSR count). The molecule has 0 radical (unpaired) electrons. The van der Waals surface area contributed by atoms with E-state index in [1.54, 1.807) is 0 Å². The van der Waals surface area contributed by atoms with Crippen LogP contribution in [-0.2, 0) is 6.54 Å². The van der Waals surface area contributed by atoms with Gasteiger partial charge in [-0.1, -0.05) is 43.2 Å². The highest BCUT2D eigenvalue weighted by Crippen LogP contribution is 2.28. The van der Waals surface area contributed by atoms with Gasteiger partial charge in [0.05, 0.1) is 0 Å². The van der Waals surface area contributed by atoms with Gasteiger partial charge in [0.1, 0.15) is 0 Å². The van der Waals surface area contributed by atoms with Crippen molar-refractivity contribution in [3.05, 3.63) is 69.0 Å². The Morgan fingerprint density at radius 2 is 1.78 bits per heavy atom. The summed E-state index contributed by atoms with van der Waals surface area (Å²) < 4.78 is 1.27. The van der Waals surface area contributed by atoms with Crippen LogP contribution in [-0.4, -0.2) is 15.3 Å². The summed E-state index contributed by atoms with van der Waals surface area (Å²) in [4.78, 5) is 25.6. The lowest BCUT2D eigenvalue weighted by molar-refractivity contribution is 0.551. The fourth-order valence-corrected chi connectivity index (χ4v) is 3.54. The predicted octanol–water partition coefficient (Wildman–Crippen LogP) is 3.59. The molecule has 1 aromatic heterocycles. The molecule has 5 heteroatoms. The van der Waals surface area contributed by atoms with Gasteiger partial charge in [-0.2, -0.15) is 11.8 Å². The molecule has 0 saturated carbocycles. The molecule has 0 aliphatic rings. The van der Waals surface area contributed by atoms with Gasteiger partial charge in [0, 0.05) is 24.1 Å². The number of unbranched alkanes of at least 4 members (excludes halogenated alkanes) is 3. The second-order valence-electron chi connectivity index (χ2n) is 5.61. The molecule has 0 saturated heterocycles. The first-order valence-electron chi connectivity index (χ1n) is 8.13. The summed E-state index contributed by atoms with van der Waals surface area (Å²) in [5, 5.41) is 0.526. The first-order valence-corrected chi connectivity index (χ1v) is 9.18. The summed E-state index contributed by atoms with van der Waals surface area (Å²) in [5.74, 6) is 1.14. The van der Waals surface area contributed by atoms with Gasteiger partial charge in [-0.15, -0.1) is 0 Å². The predicted molar refractivity (Wildman–Crippen MR) is 97.1 cm³/mol. The van der Waals surface area contributed by atoms with E-state index >= 15 is 0 Å². The van der Waals surface area contributed by atoms with Gasteiger partial charge in [0.25, 0.3) is 5.56 Å². The second kappa shape index (κ2) is 9.40. The van der Waals surface area contributed by atoms with Gasteiger partial charge in [0.15, 0.2) is 0 Å². The zero-order valence-electron chi connectivity index (χ0n) is 13.5. The van der Waals surface area contributed by atoms with Gasteiger partial charge >= 0.3 is 5.69 Å². The van der Waals surface area contributed by atoms with E-state index in [1.807, 2.05) is 17.8 Å². The van der Waals surface area contributed by atoms with E-state index < -0.39 is 0 Å². The van der Waals surface area contributed by atoms with Crippen LogP contribution >= 0.6 is 11.8 Å². The van der Waals surface area contributed by atoms with Crippen molar-refractivity contribution in [3.8, 4) is 0 Å². The summed E-state index contributed by atoms with van der Waals surface area (Å²) in [6.45, 7) is 2.75. The molecule has 1 N–H and O–H groups in total. The molecule has 1 heterocycles. The fourth-order valence-electron chi connectivity index (χ4n) is 2.47. The second-order valence-corrected chi connectivity index (χ2v) is 7.06. The van der Waals surface area contributed by atoms with Crippen molar-refractivity contribution < 1.29 is 0 Å². The Balaban J connectivity index is 1.60. The molecule has 23 heavy (non-hydrogen) atoms. The van der Waals surface area contributed by atoms with Crippen LogP contribution in [0.15, 0.2) is 52.2 Å². The number of aromatic nitrogens is 2. The molecule has 1 unspecified atom stereocenters. The van der Waals surface area contributed by atoms with Crippen LogP contribution in [0.3, 0.4) is 0 Å². The smallest absolute Gasteiger partial charge is 0.314 e. The number of benzene rings is 1. The molecule has 1 aromatic carbocycles. The Bertz CT molecular complexity index is 666. The summed E-state index contributed by atoms with van der Waals surface area (Å²) in [6, 6.07) is 12.0. The average molecular weight is 332 g/mol. The summed E-state index contributed by atoms with van der Waals surface area (Å²) in [6.07, 6.45) is 5.61. The van der Waals surface area contributed by atoms with E-state index in [4.69, 9.17) is 0 Å². The van der Waals surface area contributed by atoms with Crippen molar-refractivity contribution in [3.63, 3.8) is 0 Å². The number of nitrogens with zero attached hydrogens (tertiary/aromatic N) is 1. The maximum Gasteiger partial charge on any atom is 0.328 e. The van der Waals surface area contributed by atoms with Crippen molar-refractivity contribution >= 4 is 11.8 Å². The Morgan fingerprint density at radius 3 is 2.52 bits per heavy atom. The Hall–Kier alpha value is -1.75. The van der Waals surface area contributed by atoms with Crippen molar-refractivity contribution in [1.82, 2.24) is 9.55 Å². The third-order valence-electron chi connectivity index (χ3n) is 3.86. The van der Waals surface area contributed by atoms with Crippen LogP contribution in [0.4, 0.5) is 0 Å². The van der Waals surface area contributed by atoms with Gasteiger partial charge in [-0.3, -0.25) is 9.36 Å². The van der Waals surface area contributed by atoms with E-state index in [1.165, 1.54) is 28.8 Å². The molecule has 0 aliphatic carbocycles. The molecule has 2 aromatic rings. The number of hydrogen-bond acceptors (Lipinski definition) is 3. The zero-order chi connectivity index (χ0) is 16.5. The van der Waals surface area contributed by atoms with Gasteiger partial charge in [0.2, 0.25) is 0 Å². The maximum atomic E-state index is 11.6. The number of aromatic amines is 1. The molecule has 4 nitrogen and oxygen atoms in total. The van der Waals surface area contributed by atoms with Gasteiger partial charge in [-0.05, 0) is 31.1 Å². The minimum Gasteiger partial charge on any atom is -0.314 e. The van der Waals surface area contributed by atoms with Crippen molar-refractivity contribution in [1.29, 1.82) is 0 Å². The zero-order valence-corrected chi connectivity index (χ0v) is 14.3. The molecular weight excluding hydrogens is 308 g/mol. The first-order chi connectivity index (χ1) is 11.2. The largest absolute Gasteiger partial charge is 0.328 e. The monoisotopic (exact) mass is 332 g/mol. The highest BCUT2D eigenvalue weighted by Gasteiger charge is 2.04. The Morgan fingerprint density at radius 1 is 1.04 bits per heavy atom. The number of rotatable bonds is 9. The molecule has 1 atom stereocenters. The van der Waals surface area contributed by atoms with Gasteiger partial charge < -0.3 is 4.98 Å². The fraction of sp³-hybridized carbons (Fsp3) is 0.444. The van der Waals surface area contributed by atoms with E-state index in [9.17, 15) is 9.59 Å². The number of hydrogen-bond donors (Lipinski definition) is 1. The van der Waals surface area contributed by atoms with E-state index in [0.29, 0.717) is 11.8 Å². The van der Waals surface area contributed by atoms with Crippen LogP contribution in [0, 0.1) is 0 Å². The quantitative estimate of drug-likeness (QED) is 0.714. The molecule has 0 aliphatic heterocycles. The van der Waals surface area contributed by atoms with Crippen molar-refractivity contribution in [2.24, 2.45) is 0 Å². The topological polar surface area (TPSA) is 54.9 Å². The summed E-state index contributed by atoms with van der Waals surface area (Å²) >= 11 is 1.98. The highest BCUT2D eigenvalue weighted by molar-refractivity contribution is 7.99. The standard InChI is InChI=1S/C18H24N2O2S/c1-15(16-9-5-4-6-10-16)23-14-8-3-2-7-13-20-17(21)11-12-19-18(20)22/h4-6,9-12,15H,2-3,7-8,13-14H2,1H3,(H,19,22). The summed E-state index contributed by atoms with van der Waals surface area (Å²) in [7, 11) is 0. The average Bonchev–Trinajstić information content (AvgIpc) is 2.57. The lowest BCUT2D eigenvalue weighted by Gasteiger charge is -2.11. The normalized spacial score (nSPS) is 12.2. The third kappa shape index (κ3) is 5.75. The van der Waals surface area contributed by atoms with Gasteiger partial charge in [-0.25, -0.2) is 4.79 Å². The first kappa shape index (κ1) is 17.6. The van der Waals surface area contributed by atoms with Crippen LogP contribution in [0.5, 0.6) is 0 Å². The van der Waals surface area contributed by atoms with Crippen LogP contribution < -0.4 is 11.2 Å². The molecule has 0 amide bonds. The summed E-state index contributed by atoms with van der Waals surface area (Å²) in [5.41, 5.74) is 0.839. The number of H-pyrrole nitrogens is 1. The molecule has 0 fully saturated rings. The van der Waals surface area contributed by atoms with E-state index in [2.05, 4.69) is 36.2 Å². The highest BCUT2D eigenvalue weighted by atomic mass is 32.2. The number of nitrogens with one attached hydrogen (secondary N) is 1. The van der Waals surface area contributed by atoms with Crippen molar-refractivity contribution in [2.45, 2.75) is 44.4 Å². The SMILES string of the molecule is CC(SCCCCCCn1c(=O)cc[nH]c1=O)c1ccccc1. The lowest BCUT2D eigenvalue weighted by Crippen LogP contribution is -2.33. The Labute approximate surface area is 141 Å². The molecular formula is C18H24N2O2S. The minimum absolute atomic E-state index is 0.221.